The number of piperidine rings is 1. The van der Waals surface area contributed by atoms with Crippen molar-refractivity contribution in [1.29, 1.82) is 0 Å². The second-order valence-electron chi connectivity index (χ2n) is 5.58. The van der Waals surface area contributed by atoms with Crippen LogP contribution in [-0.2, 0) is 9.53 Å². The van der Waals surface area contributed by atoms with Crippen LogP contribution in [0.1, 0.15) is 32.6 Å². The van der Waals surface area contributed by atoms with Gasteiger partial charge in [-0.15, -0.1) is 0 Å². The van der Waals surface area contributed by atoms with E-state index in [1.54, 1.807) is 0 Å². The third-order valence-electron chi connectivity index (χ3n) is 3.88. The summed E-state index contributed by atoms with van der Waals surface area (Å²) in [7, 11) is 0. The Bertz CT molecular complexity index is 471. The molecule has 1 amide bonds. The van der Waals surface area contributed by atoms with Gasteiger partial charge in [-0.2, -0.15) is 0 Å². The molecule has 2 rings (SSSR count). The predicted molar refractivity (Wildman–Crippen MR) is 88.3 cm³/mol. The van der Waals surface area contributed by atoms with E-state index in [4.69, 9.17) is 4.74 Å². The number of amides is 1. The molecular weight excluding hydrogens is 280 g/mol. The second-order valence-corrected chi connectivity index (χ2v) is 5.58. The summed E-state index contributed by atoms with van der Waals surface area (Å²) < 4.78 is 5.25. The Morgan fingerprint density at radius 1 is 1.36 bits per heavy atom. The monoisotopic (exact) mass is 306 g/mol. The summed E-state index contributed by atoms with van der Waals surface area (Å²) >= 11 is 0. The number of ether oxygens (including phenoxy) is 1. The van der Waals surface area contributed by atoms with E-state index >= 15 is 0 Å². The molecule has 1 fully saturated rings. The van der Waals surface area contributed by atoms with Crippen LogP contribution in [0.2, 0.25) is 0 Å². The van der Waals surface area contributed by atoms with Gasteiger partial charge in [-0.25, -0.2) is 0 Å². The molecule has 0 radical (unpaired) electrons. The maximum Gasteiger partial charge on any atom is 0.224 e. The van der Waals surface area contributed by atoms with E-state index in [1.807, 2.05) is 31.2 Å². The SMILES string of the molecule is CCOCCCC(=O)Nc1ccccc1N1CCC(O)CC1. The highest BCUT2D eigenvalue weighted by molar-refractivity contribution is 5.94. The van der Waals surface area contributed by atoms with E-state index < -0.39 is 0 Å². The minimum absolute atomic E-state index is 0.0178. The van der Waals surface area contributed by atoms with E-state index in [2.05, 4.69) is 10.2 Å². The fourth-order valence-electron chi connectivity index (χ4n) is 2.65. The first kappa shape index (κ1) is 16.8. The molecule has 0 bridgehead atoms. The molecule has 0 aromatic heterocycles. The summed E-state index contributed by atoms with van der Waals surface area (Å²) in [4.78, 5) is 14.3. The molecule has 122 valence electrons. The van der Waals surface area contributed by atoms with Crippen molar-refractivity contribution in [2.45, 2.75) is 38.7 Å². The molecule has 1 saturated heterocycles. The lowest BCUT2D eigenvalue weighted by molar-refractivity contribution is -0.116. The van der Waals surface area contributed by atoms with E-state index in [0.29, 0.717) is 19.6 Å². The summed E-state index contributed by atoms with van der Waals surface area (Å²) in [5.74, 6) is 0.0178. The largest absolute Gasteiger partial charge is 0.393 e. The zero-order chi connectivity index (χ0) is 15.8. The first-order valence-corrected chi connectivity index (χ1v) is 8.10. The van der Waals surface area contributed by atoms with Gasteiger partial charge < -0.3 is 20.1 Å². The first-order valence-electron chi connectivity index (χ1n) is 8.10. The Labute approximate surface area is 132 Å². The standard InChI is InChI=1S/C17H26N2O3/c1-2-22-13-5-8-17(21)18-15-6-3-4-7-16(15)19-11-9-14(20)10-12-19/h3-4,6-7,14,20H,2,5,8-13H2,1H3,(H,18,21). The highest BCUT2D eigenvalue weighted by atomic mass is 16.5. The van der Waals surface area contributed by atoms with Crippen LogP contribution in [0.15, 0.2) is 24.3 Å². The van der Waals surface area contributed by atoms with Gasteiger partial charge in [0.1, 0.15) is 0 Å². The predicted octanol–water partition coefficient (Wildman–Crippen LogP) is 2.40. The summed E-state index contributed by atoms with van der Waals surface area (Å²) in [6.45, 7) is 4.89. The molecule has 0 aliphatic carbocycles. The molecule has 0 unspecified atom stereocenters. The lowest BCUT2D eigenvalue weighted by atomic mass is 10.1. The average Bonchev–Trinajstić information content (AvgIpc) is 2.53. The van der Waals surface area contributed by atoms with Gasteiger partial charge in [0.2, 0.25) is 5.91 Å². The number of aliphatic hydroxyl groups excluding tert-OH is 1. The highest BCUT2D eigenvalue weighted by Gasteiger charge is 2.19. The van der Waals surface area contributed by atoms with Crippen LogP contribution in [0.3, 0.4) is 0 Å². The quantitative estimate of drug-likeness (QED) is 0.759. The third kappa shape index (κ3) is 5.00. The lowest BCUT2D eigenvalue weighted by Crippen LogP contribution is -2.36. The molecular formula is C17H26N2O3. The molecule has 1 aromatic carbocycles. The highest BCUT2D eigenvalue weighted by Crippen LogP contribution is 2.28. The molecule has 1 heterocycles. The lowest BCUT2D eigenvalue weighted by Gasteiger charge is -2.32. The van der Waals surface area contributed by atoms with E-state index in [0.717, 1.165) is 43.7 Å². The molecule has 1 aliphatic heterocycles. The zero-order valence-corrected chi connectivity index (χ0v) is 13.3. The van der Waals surface area contributed by atoms with Crippen LogP contribution in [0.4, 0.5) is 11.4 Å². The normalized spacial score (nSPS) is 15.8. The van der Waals surface area contributed by atoms with Crippen molar-refractivity contribution in [2.75, 3.05) is 36.5 Å². The number of nitrogens with zero attached hydrogens (tertiary/aromatic N) is 1. The van der Waals surface area contributed by atoms with Gasteiger partial charge in [0.15, 0.2) is 0 Å². The van der Waals surface area contributed by atoms with Gasteiger partial charge in [-0.1, -0.05) is 12.1 Å². The smallest absolute Gasteiger partial charge is 0.224 e. The third-order valence-corrected chi connectivity index (χ3v) is 3.88. The molecule has 1 aliphatic rings. The van der Waals surface area contributed by atoms with E-state index in [1.165, 1.54) is 0 Å². The van der Waals surface area contributed by atoms with Crippen LogP contribution in [-0.4, -0.2) is 43.4 Å². The maximum absolute atomic E-state index is 12.0. The molecule has 2 N–H and O–H groups in total. The summed E-state index contributed by atoms with van der Waals surface area (Å²) in [6.07, 6.45) is 2.55. The molecule has 0 spiro atoms. The van der Waals surface area contributed by atoms with Gasteiger partial charge in [0, 0.05) is 32.7 Å². The van der Waals surface area contributed by atoms with Crippen LogP contribution >= 0.6 is 0 Å². The number of rotatable bonds is 7. The van der Waals surface area contributed by atoms with E-state index in [9.17, 15) is 9.90 Å². The minimum Gasteiger partial charge on any atom is -0.393 e. The number of carbonyl (C=O) groups excluding carboxylic acids is 1. The molecule has 5 heteroatoms. The first-order chi connectivity index (χ1) is 10.7. The maximum atomic E-state index is 12.0. The Balaban J connectivity index is 1.92. The van der Waals surface area contributed by atoms with Crippen molar-refractivity contribution in [3.8, 4) is 0 Å². The zero-order valence-electron chi connectivity index (χ0n) is 13.3. The second kappa shape index (κ2) is 8.76. The Morgan fingerprint density at radius 2 is 2.09 bits per heavy atom. The molecule has 1 aromatic rings. The fourth-order valence-corrected chi connectivity index (χ4v) is 2.65. The topological polar surface area (TPSA) is 61.8 Å². The fraction of sp³-hybridized carbons (Fsp3) is 0.588. The molecule has 0 atom stereocenters. The van der Waals surface area contributed by atoms with Gasteiger partial charge >= 0.3 is 0 Å². The Kier molecular flexibility index (Phi) is 6.68. The Morgan fingerprint density at radius 3 is 2.82 bits per heavy atom. The number of nitrogens with one attached hydrogen (secondary N) is 1. The minimum atomic E-state index is -0.198. The number of carbonyl (C=O) groups is 1. The van der Waals surface area contributed by atoms with Crippen LogP contribution in [0.25, 0.3) is 0 Å². The number of para-hydroxylation sites is 2. The van der Waals surface area contributed by atoms with Gasteiger partial charge in [-0.3, -0.25) is 4.79 Å². The van der Waals surface area contributed by atoms with Gasteiger partial charge in [-0.05, 0) is 38.3 Å². The van der Waals surface area contributed by atoms with Crippen LogP contribution in [0, 0.1) is 0 Å². The molecule has 22 heavy (non-hydrogen) atoms. The molecule has 0 saturated carbocycles. The van der Waals surface area contributed by atoms with Crippen molar-refractivity contribution in [3.63, 3.8) is 0 Å². The van der Waals surface area contributed by atoms with Gasteiger partial charge in [0.05, 0.1) is 17.5 Å². The van der Waals surface area contributed by atoms with Crippen LogP contribution < -0.4 is 10.2 Å². The van der Waals surface area contributed by atoms with Crippen molar-refractivity contribution in [3.05, 3.63) is 24.3 Å². The van der Waals surface area contributed by atoms with E-state index in [-0.39, 0.29) is 12.0 Å². The van der Waals surface area contributed by atoms with Crippen molar-refractivity contribution >= 4 is 17.3 Å². The van der Waals surface area contributed by atoms with Crippen molar-refractivity contribution < 1.29 is 14.6 Å². The van der Waals surface area contributed by atoms with Crippen molar-refractivity contribution in [1.82, 2.24) is 0 Å². The van der Waals surface area contributed by atoms with Crippen molar-refractivity contribution in [2.24, 2.45) is 0 Å². The average molecular weight is 306 g/mol. The number of benzene rings is 1. The van der Waals surface area contributed by atoms with Crippen LogP contribution in [0.5, 0.6) is 0 Å². The molecule has 5 nitrogen and oxygen atoms in total. The summed E-state index contributed by atoms with van der Waals surface area (Å²) in [6, 6.07) is 7.86. The summed E-state index contributed by atoms with van der Waals surface area (Å²) in [5, 5.41) is 12.6. The number of hydrogen-bond donors (Lipinski definition) is 2. The number of aliphatic hydroxyl groups is 1. The number of anilines is 2. The summed E-state index contributed by atoms with van der Waals surface area (Å²) in [5.41, 5.74) is 1.88. The Hall–Kier alpha value is -1.59. The number of hydrogen-bond acceptors (Lipinski definition) is 4. The van der Waals surface area contributed by atoms with Gasteiger partial charge in [0.25, 0.3) is 0 Å².